The lowest BCUT2D eigenvalue weighted by atomic mass is 10.3. The van der Waals surface area contributed by atoms with Gasteiger partial charge in [0, 0.05) is 0 Å². The maximum atomic E-state index is 2.44. The van der Waals surface area contributed by atoms with Gasteiger partial charge in [-0.1, -0.05) is 5.01 Å². The minimum absolute atomic E-state index is 0.602. The first-order valence-electron chi connectivity index (χ1n) is 5.07. The Morgan fingerprint density at radius 3 is 1.33 bits per heavy atom. The van der Waals surface area contributed by atoms with E-state index < -0.39 is 0 Å². The molecule has 0 unspecified atom stereocenters. The van der Waals surface area contributed by atoms with Crippen molar-refractivity contribution < 1.29 is 0 Å². The van der Waals surface area contributed by atoms with Crippen LogP contribution in [-0.4, -0.2) is 30.2 Å². The molecule has 0 atom stereocenters. The summed E-state index contributed by atoms with van der Waals surface area (Å²) in [4.78, 5) is 0. The van der Waals surface area contributed by atoms with Gasteiger partial charge in [-0.15, -0.1) is 5.01 Å². The molecule has 0 N–H and O–H groups in total. The number of nitrogens with zero attached hydrogens (tertiary/aromatic N) is 2. The van der Waals surface area contributed by atoms with Crippen molar-refractivity contribution in [2.45, 2.75) is 53.6 Å². The zero-order valence-electron chi connectivity index (χ0n) is 9.46. The van der Waals surface area contributed by atoms with Crippen molar-refractivity contribution in [2.24, 2.45) is 0 Å². The summed E-state index contributed by atoms with van der Waals surface area (Å²) >= 11 is 0. The summed E-state index contributed by atoms with van der Waals surface area (Å²) in [6.45, 7) is 15.6. The van der Waals surface area contributed by atoms with Crippen molar-refractivity contribution in [2.75, 3.05) is 13.1 Å². The minimum Gasteiger partial charge on any atom is -0.106 e. The van der Waals surface area contributed by atoms with Crippen LogP contribution in [0, 0.1) is 0 Å². The summed E-state index contributed by atoms with van der Waals surface area (Å²) < 4.78 is 0. The predicted molar refractivity (Wildman–Crippen MR) is 55.3 cm³/mol. The van der Waals surface area contributed by atoms with E-state index in [1.807, 2.05) is 0 Å². The number of rotatable bonds is 5. The lowest BCUT2D eigenvalue weighted by Crippen LogP contribution is -2.55. The van der Waals surface area contributed by atoms with Crippen molar-refractivity contribution in [3.63, 3.8) is 0 Å². The second kappa shape index (κ2) is 5.55. The van der Waals surface area contributed by atoms with E-state index in [2.05, 4.69) is 51.6 Å². The van der Waals surface area contributed by atoms with E-state index in [0.29, 0.717) is 12.1 Å². The average Bonchev–Trinajstić information content (AvgIpc) is 1.98. The molecule has 2 heteroatoms. The summed E-state index contributed by atoms with van der Waals surface area (Å²) in [6.07, 6.45) is 0. The van der Waals surface area contributed by atoms with Crippen molar-refractivity contribution in [1.29, 1.82) is 0 Å². The van der Waals surface area contributed by atoms with Gasteiger partial charge in [-0.2, -0.15) is 0 Å². The molecule has 1 radical (unpaired) electrons. The van der Waals surface area contributed by atoms with Crippen LogP contribution in [0.25, 0.3) is 0 Å². The summed E-state index contributed by atoms with van der Waals surface area (Å²) in [5, 5.41) is 4.84. The highest BCUT2D eigenvalue weighted by Gasteiger charge is 2.29. The average molecular weight is 172 g/mol. The summed E-state index contributed by atoms with van der Waals surface area (Å²) in [5.41, 5.74) is 0. The highest BCUT2D eigenvalue weighted by atomic mass is 15.6. The molecule has 0 fully saturated rings. The Bertz CT molecular complexity index is 98.4. The van der Waals surface area contributed by atoms with E-state index in [-0.39, 0.29) is 0 Å². The number of hydrogen-bond acceptors (Lipinski definition) is 2. The van der Waals surface area contributed by atoms with E-state index in [1.54, 1.807) is 0 Å². The Morgan fingerprint density at radius 2 is 1.25 bits per heavy atom. The van der Waals surface area contributed by atoms with Gasteiger partial charge in [0.05, 0.1) is 13.1 Å². The SMILES string of the molecule is CCN(CC)[N+](C(C)C)C(C)C. The molecule has 0 amide bonds. The fraction of sp³-hybridized carbons (Fsp3) is 1.00. The van der Waals surface area contributed by atoms with Crippen LogP contribution in [0.3, 0.4) is 0 Å². The van der Waals surface area contributed by atoms with Crippen LogP contribution >= 0.6 is 0 Å². The molecule has 0 aromatic carbocycles. The third-order valence-electron chi connectivity index (χ3n) is 2.11. The van der Waals surface area contributed by atoms with Crippen LogP contribution < -0.4 is 5.01 Å². The molecule has 0 aromatic rings. The fourth-order valence-corrected chi connectivity index (χ4v) is 1.80. The molecule has 2 nitrogen and oxygen atoms in total. The fourth-order valence-electron chi connectivity index (χ4n) is 1.80. The molecule has 0 heterocycles. The molecular formula is C10H24N2+. The largest absolute Gasteiger partial charge is 0.149 e. The maximum absolute atomic E-state index is 2.44. The second-order valence-electron chi connectivity index (χ2n) is 3.71. The number of hydrogen-bond donors (Lipinski definition) is 0. The summed E-state index contributed by atoms with van der Waals surface area (Å²) in [5.74, 6) is 0. The molecule has 0 bridgehead atoms. The van der Waals surface area contributed by atoms with Crippen LogP contribution in [0.2, 0.25) is 0 Å². The third kappa shape index (κ3) is 3.11. The topological polar surface area (TPSA) is 9.14 Å². The van der Waals surface area contributed by atoms with Crippen LogP contribution in [0.5, 0.6) is 0 Å². The van der Waals surface area contributed by atoms with Crippen molar-refractivity contribution in [1.82, 2.24) is 10.0 Å². The van der Waals surface area contributed by atoms with Gasteiger partial charge in [-0.3, -0.25) is 0 Å². The zero-order valence-corrected chi connectivity index (χ0v) is 9.46. The highest BCUT2D eigenvalue weighted by molar-refractivity contribution is 4.70. The molecule has 0 aromatic heterocycles. The first-order chi connectivity index (χ1) is 5.54. The van der Waals surface area contributed by atoms with Crippen molar-refractivity contribution in [3.8, 4) is 0 Å². The summed E-state index contributed by atoms with van der Waals surface area (Å²) in [6, 6.07) is 1.20. The molecule has 0 rings (SSSR count). The smallest absolute Gasteiger partial charge is 0.106 e. The Morgan fingerprint density at radius 1 is 0.917 bits per heavy atom. The number of hydrazine groups is 1. The van der Waals surface area contributed by atoms with Gasteiger partial charge >= 0.3 is 0 Å². The van der Waals surface area contributed by atoms with Gasteiger partial charge < -0.3 is 0 Å². The van der Waals surface area contributed by atoms with E-state index in [9.17, 15) is 0 Å². The molecule has 73 valence electrons. The molecule has 0 aliphatic heterocycles. The van der Waals surface area contributed by atoms with Crippen LogP contribution in [0.1, 0.15) is 41.5 Å². The van der Waals surface area contributed by atoms with Gasteiger partial charge in [0.1, 0.15) is 12.1 Å². The van der Waals surface area contributed by atoms with E-state index >= 15 is 0 Å². The normalized spacial score (nSPS) is 12.5. The molecule has 12 heavy (non-hydrogen) atoms. The molecule has 0 spiro atoms. The van der Waals surface area contributed by atoms with Crippen molar-refractivity contribution in [3.05, 3.63) is 0 Å². The summed E-state index contributed by atoms with van der Waals surface area (Å²) in [7, 11) is 0. The van der Waals surface area contributed by atoms with E-state index in [1.165, 1.54) is 0 Å². The highest BCUT2D eigenvalue weighted by Crippen LogP contribution is 2.05. The lowest BCUT2D eigenvalue weighted by Gasteiger charge is -2.27. The quantitative estimate of drug-likeness (QED) is 0.456. The third-order valence-corrected chi connectivity index (χ3v) is 2.11. The lowest BCUT2D eigenvalue weighted by molar-refractivity contribution is 0.0284. The van der Waals surface area contributed by atoms with Gasteiger partial charge in [-0.25, -0.2) is 0 Å². The predicted octanol–water partition coefficient (Wildman–Crippen LogP) is 2.20. The molecule has 0 aliphatic carbocycles. The van der Waals surface area contributed by atoms with Crippen molar-refractivity contribution >= 4 is 0 Å². The van der Waals surface area contributed by atoms with E-state index in [0.717, 1.165) is 13.1 Å². The zero-order chi connectivity index (χ0) is 9.72. The molecular weight excluding hydrogens is 148 g/mol. The van der Waals surface area contributed by atoms with E-state index in [4.69, 9.17) is 0 Å². The molecule has 0 saturated heterocycles. The first-order valence-corrected chi connectivity index (χ1v) is 5.07. The van der Waals surface area contributed by atoms with Gasteiger partial charge in [0.25, 0.3) is 0 Å². The van der Waals surface area contributed by atoms with Crippen LogP contribution in [-0.2, 0) is 0 Å². The van der Waals surface area contributed by atoms with Gasteiger partial charge in [0.2, 0.25) is 0 Å². The monoisotopic (exact) mass is 172 g/mol. The molecule has 0 aliphatic rings. The standard InChI is InChI=1S/C10H24N2/c1-7-11(8-2)12(9(3)4)10(5)6/h9-10H,7-8H2,1-6H3/q+1. The Hall–Kier alpha value is -0.0800. The van der Waals surface area contributed by atoms with Gasteiger partial charge in [0.15, 0.2) is 0 Å². The Balaban J connectivity index is 4.26. The van der Waals surface area contributed by atoms with Crippen LogP contribution in [0.4, 0.5) is 0 Å². The Labute approximate surface area is 77.5 Å². The van der Waals surface area contributed by atoms with Gasteiger partial charge in [-0.05, 0) is 41.5 Å². The first kappa shape index (κ1) is 11.9. The Kier molecular flexibility index (Phi) is 5.51. The maximum Gasteiger partial charge on any atom is 0.149 e. The van der Waals surface area contributed by atoms with Crippen LogP contribution in [0.15, 0.2) is 0 Å². The second-order valence-corrected chi connectivity index (χ2v) is 3.71. The molecule has 0 saturated carbocycles. The minimum atomic E-state index is 0.602.